The van der Waals surface area contributed by atoms with E-state index in [1.54, 1.807) is 17.4 Å². The van der Waals surface area contributed by atoms with Crippen LogP contribution in [0.1, 0.15) is 17.4 Å². The average Bonchev–Trinajstić information content (AvgIpc) is 2.99. The van der Waals surface area contributed by atoms with Gasteiger partial charge in [0.25, 0.3) is 5.91 Å². The highest BCUT2D eigenvalue weighted by Crippen LogP contribution is 2.33. The molecule has 0 fully saturated rings. The molecule has 2 N–H and O–H groups in total. The number of anilines is 2. The zero-order valence-corrected chi connectivity index (χ0v) is 11.1. The quantitative estimate of drug-likeness (QED) is 0.896. The highest BCUT2D eigenvalue weighted by Gasteiger charge is 2.28. The third kappa shape index (κ3) is 2.20. The van der Waals surface area contributed by atoms with E-state index in [0.29, 0.717) is 17.8 Å². The molecule has 2 aromatic rings. The van der Waals surface area contributed by atoms with E-state index < -0.39 is 6.10 Å². The molecule has 0 aliphatic carbocycles. The number of aliphatic hydroxyl groups excluding tert-OH is 1. The molecule has 1 aromatic heterocycles. The van der Waals surface area contributed by atoms with E-state index in [9.17, 15) is 9.90 Å². The molecule has 5 nitrogen and oxygen atoms in total. The van der Waals surface area contributed by atoms with Crippen molar-refractivity contribution in [3.63, 3.8) is 0 Å². The predicted molar refractivity (Wildman–Crippen MR) is 74.3 cm³/mol. The third-order valence-corrected chi connectivity index (χ3v) is 3.80. The topological polar surface area (TPSA) is 65.5 Å². The van der Waals surface area contributed by atoms with Crippen molar-refractivity contribution in [2.45, 2.75) is 12.6 Å². The monoisotopic (exact) mass is 275 g/mol. The molecule has 0 bridgehead atoms. The number of benzene rings is 1. The van der Waals surface area contributed by atoms with E-state index in [2.05, 4.69) is 10.3 Å². The molecule has 19 heavy (non-hydrogen) atoms. The first kappa shape index (κ1) is 12.1. The second-order valence-corrected chi connectivity index (χ2v) is 5.22. The van der Waals surface area contributed by atoms with Crippen LogP contribution in [0.2, 0.25) is 0 Å². The summed E-state index contributed by atoms with van der Waals surface area (Å²) in [5, 5.41) is 14.3. The van der Waals surface area contributed by atoms with Crippen molar-refractivity contribution in [1.29, 1.82) is 0 Å². The second-order valence-electron chi connectivity index (χ2n) is 4.50. The highest BCUT2D eigenvalue weighted by atomic mass is 32.1. The van der Waals surface area contributed by atoms with Gasteiger partial charge in [0.05, 0.1) is 17.7 Å². The molecular formula is C13H13N3O2S. The third-order valence-electron chi connectivity index (χ3n) is 3.16. The summed E-state index contributed by atoms with van der Waals surface area (Å²) in [4.78, 5) is 17.7. The van der Waals surface area contributed by atoms with Crippen molar-refractivity contribution in [3.8, 4) is 0 Å². The van der Waals surface area contributed by atoms with Crippen LogP contribution in [0, 0.1) is 0 Å². The van der Waals surface area contributed by atoms with Crippen LogP contribution in [0.25, 0.3) is 0 Å². The molecule has 6 heteroatoms. The number of nitrogens with one attached hydrogen (secondary N) is 1. The van der Waals surface area contributed by atoms with Gasteiger partial charge in [-0.15, -0.1) is 11.3 Å². The Kier molecular flexibility index (Phi) is 2.96. The van der Waals surface area contributed by atoms with Crippen LogP contribution >= 0.6 is 11.3 Å². The minimum atomic E-state index is -1.05. The predicted octanol–water partition coefficient (Wildman–Crippen LogP) is 1.77. The number of hydrogen-bond acceptors (Lipinski definition) is 5. The van der Waals surface area contributed by atoms with Crippen LogP contribution in [-0.4, -0.2) is 23.0 Å². The summed E-state index contributed by atoms with van der Waals surface area (Å²) in [7, 11) is 1.97. The van der Waals surface area contributed by atoms with Crippen molar-refractivity contribution in [3.05, 3.63) is 40.3 Å². The Morgan fingerprint density at radius 3 is 3.11 bits per heavy atom. The Bertz CT molecular complexity index is 612. The zero-order chi connectivity index (χ0) is 13.4. The van der Waals surface area contributed by atoms with Gasteiger partial charge in [-0.1, -0.05) is 6.07 Å². The Labute approximate surface area is 114 Å². The summed E-state index contributed by atoms with van der Waals surface area (Å²) in [6, 6.07) is 5.55. The first-order valence-corrected chi connectivity index (χ1v) is 6.80. The number of hydrogen-bond donors (Lipinski definition) is 2. The summed E-state index contributed by atoms with van der Waals surface area (Å²) in [5.74, 6) is -0.366. The second kappa shape index (κ2) is 4.64. The molecule has 3 rings (SSSR count). The molecule has 1 aromatic carbocycles. The lowest BCUT2D eigenvalue weighted by Crippen LogP contribution is -2.16. The maximum Gasteiger partial charge on any atom is 0.257 e. The molecule has 1 atom stereocenters. The van der Waals surface area contributed by atoms with Gasteiger partial charge >= 0.3 is 0 Å². The summed E-state index contributed by atoms with van der Waals surface area (Å²) in [5.41, 5.74) is 5.11. The van der Waals surface area contributed by atoms with Gasteiger partial charge in [0.1, 0.15) is 0 Å². The molecule has 1 aliphatic heterocycles. The lowest BCUT2D eigenvalue weighted by Gasteiger charge is -2.19. The van der Waals surface area contributed by atoms with Crippen LogP contribution in [-0.2, 0) is 11.3 Å². The maximum absolute atomic E-state index is 11.4. The number of thiazole rings is 1. The summed E-state index contributed by atoms with van der Waals surface area (Å²) < 4.78 is 0. The van der Waals surface area contributed by atoms with Gasteiger partial charge in [-0.3, -0.25) is 4.79 Å². The zero-order valence-electron chi connectivity index (χ0n) is 10.3. The van der Waals surface area contributed by atoms with Crippen molar-refractivity contribution in [2.24, 2.45) is 0 Å². The number of aromatic nitrogens is 1. The first-order chi connectivity index (χ1) is 9.15. The summed E-state index contributed by atoms with van der Waals surface area (Å²) >= 11 is 1.57. The molecule has 0 spiro atoms. The smallest absolute Gasteiger partial charge is 0.257 e. The van der Waals surface area contributed by atoms with E-state index in [1.165, 1.54) is 0 Å². The molecular weight excluding hydrogens is 262 g/mol. The van der Waals surface area contributed by atoms with Gasteiger partial charge in [0, 0.05) is 29.4 Å². The van der Waals surface area contributed by atoms with Gasteiger partial charge in [-0.25, -0.2) is 4.98 Å². The molecule has 1 amide bonds. The molecule has 0 radical (unpaired) electrons. The van der Waals surface area contributed by atoms with Crippen LogP contribution in [0.15, 0.2) is 29.1 Å². The van der Waals surface area contributed by atoms with Gasteiger partial charge in [-0.2, -0.15) is 0 Å². The summed E-state index contributed by atoms with van der Waals surface area (Å²) in [6.07, 6.45) is -1.05. The minimum Gasteiger partial charge on any atom is -0.378 e. The summed E-state index contributed by atoms with van der Waals surface area (Å²) in [6.45, 7) is 0.707. The Hall–Kier alpha value is -1.92. The Morgan fingerprint density at radius 2 is 2.37 bits per heavy atom. The lowest BCUT2D eigenvalue weighted by molar-refractivity contribution is -0.123. The molecule has 1 unspecified atom stereocenters. The minimum absolute atomic E-state index is 0.366. The molecule has 2 heterocycles. The van der Waals surface area contributed by atoms with E-state index in [1.807, 2.05) is 35.0 Å². The van der Waals surface area contributed by atoms with Gasteiger partial charge in [-0.05, 0) is 12.1 Å². The number of aliphatic hydroxyl groups is 1. The van der Waals surface area contributed by atoms with Crippen molar-refractivity contribution < 1.29 is 9.90 Å². The Morgan fingerprint density at radius 1 is 1.53 bits per heavy atom. The molecule has 0 saturated heterocycles. The standard InChI is InChI=1S/C13H13N3O2S/c1-16(5-8-6-19-7-14-8)9-2-3-10-11(4-9)15-13(18)12(10)17/h2-4,6-7,12,17H,5H2,1H3,(H,15,18). The highest BCUT2D eigenvalue weighted by molar-refractivity contribution is 7.07. The van der Waals surface area contributed by atoms with E-state index >= 15 is 0 Å². The number of fused-ring (bicyclic) bond motifs is 1. The Balaban J connectivity index is 1.83. The molecule has 1 aliphatic rings. The fraction of sp³-hybridized carbons (Fsp3) is 0.231. The van der Waals surface area contributed by atoms with Crippen molar-refractivity contribution in [2.75, 3.05) is 17.3 Å². The fourth-order valence-corrected chi connectivity index (χ4v) is 2.67. The number of carbonyl (C=O) groups is 1. The number of rotatable bonds is 3. The SMILES string of the molecule is CN(Cc1cscn1)c1ccc2c(c1)NC(=O)C2O. The van der Waals surface area contributed by atoms with Gasteiger partial charge in [0.2, 0.25) is 0 Å². The maximum atomic E-state index is 11.4. The molecule has 0 saturated carbocycles. The average molecular weight is 275 g/mol. The van der Waals surface area contributed by atoms with Crippen molar-refractivity contribution >= 4 is 28.6 Å². The largest absolute Gasteiger partial charge is 0.378 e. The van der Waals surface area contributed by atoms with Crippen LogP contribution in [0.5, 0.6) is 0 Å². The first-order valence-electron chi connectivity index (χ1n) is 5.86. The number of carbonyl (C=O) groups excluding carboxylic acids is 1. The van der Waals surface area contributed by atoms with Crippen LogP contribution in [0.3, 0.4) is 0 Å². The van der Waals surface area contributed by atoms with Gasteiger partial charge in [0.15, 0.2) is 6.10 Å². The van der Waals surface area contributed by atoms with Crippen LogP contribution in [0.4, 0.5) is 11.4 Å². The van der Waals surface area contributed by atoms with E-state index in [0.717, 1.165) is 11.4 Å². The van der Waals surface area contributed by atoms with Gasteiger partial charge < -0.3 is 15.3 Å². The van der Waals surface area contributed by atoms with Crippen molar-refractivity contribution in [1.82, 2.24) is 4.98 Å². The fourth-order valence-electron chi connectivity index (χ4n) is 2.12. The number of nitrogens with zero attached hydrogens (tertiary/aromatic N) is 2. The van der Waals surface area contributed by atoms with E-state index in [4.69, 9.17) is 0 Å². The van der Waals surface area contributed by atoms with Crippen LogP contribution < -0.4 is 10.2 Å². The van der Waals surface area contributed by atoms with E-state index in [-0.39, 0.29) is 5.91 Å². The lowest BCUT2D eigenvalue weighted by atomic mass is 10.1. The number of amides is 1. The molecule has 98 valence electrons. The normalized spacial score (nSPS) is 17.2.